The highest BCUT2D eigenvalue weighted by atomic mass is 32.2. The molecule has 0 bridgehead atoms. The van der Waals surface area contributed by atoms with E-state index in [4.69, 9.17) is 13.9 Å². The Hall–Kier alpha value is -1.83. The third kappa shape index (κ3) is 4.82. The fourth-order valence-electron chi connectivity index (χ4n) is 1.98. The summed E-state index contributed by atoms with van der Waals surface area (Å²) >= 11 is 0. The van der Waals surface area contributed by atoms with E-state index in [1.54, 1.807) is 24.3 Å². The van der Waals surface area contributed by atoms with E-state index in [0.29, 0.717) is 18.1 Å². The maximum atomic E-state index is 12.3. The second kappa shape index (κ2) is 8.14. The van der Waals surface area contributed by atoms with Gasteiger partial charge < -0.3 is 13.9 Å². The van der Waals surface area contributed by atoms with Crippen LogP contribution in [0.15, 0.2) is 52.0 Å². The minimum atomic E-state index is -3.62. The molecule has 0 aliphatic carbocycles. The van der Waals surface area contributed by atoms with Crippen molar-refractivity contribution in [1.82, 2.24) is 4.72 Å². The van der Waals surface area contributed by atoms with Gasteiger partial charge in [-0.1, -0.05) is 6.92 Å². The van der Waals surface area contributed by atoms with Crippen molar-refractivity contribution in [3.63, 3.8) is 0 Å². The lowest BCUT2D eigenvalue weighted by molar-refractivity contribution is 0.0878. The summed E-state index contributed by atoms with van der Waals surface area (Å²) in [5.74, 6) is 1.22. The Morgan fingerprint density at radius 3 is 2.52 bits per heavy atom. The molecule has 1 atom stereocenters. The summed E-state index contributed by atoms with van der Waals surface area (Å²) in [5, 5.41) is 0. The second-order valence-electron chi connectivity index (χ2n) is 4.91. The summed E-state index contributed by atoms with van der Waals surface area (Å²) in [6.07, 6.45) is 1.93. The van der Waals surface area contributed by atoms with Crippen molar-refractivity contribution in [2.75, 3.05) is 20.3 Å². The number of methoxy groups -OCH3 is 1. The van der Waals surface area contributed by atoms with Gasteiger partial charge in [0.2, 0.25) is 10.0 Å². The van der Waals surface area contributed by atoms with E-state index >= 15 is 0 Å². The summed E-state index contributed by atoms with van der Waals surface area (Å²) in [6.45, 7) is 2.69. The van der Waals surface area contributed by atoms with Gasteiger partial charge in [-0.25, -0.2) is 13.1 Å². The Balaban J connectivity index is 2.00. The quantitative estimate of drug-likeness (QED) is 0.760. The first-order valence-electron chi connectivity index (χ1n) is 7.35. The van der Waals surface area contributed by atoms with Crippen LogP contribution in [-0.2, 0) is 14.8 Å². The molecule has 2 rings (SSSR count). The van der Waals surface area contributed by atoms with Crippen molar-refractivity contribution in [2.45, 2.75) is 24.3 Å². The predicted octanol–water partition coefficient (Wildman–Crippen LogP) is 2.73. The monoisotopic (exact) mass is 339 g/mol. The number of furan rings is 1. The third-order valence-electron chi connectivity index (χ3n) is 3.21. The van der Waals surface area contributed by atoms with Gasteiger partial charge in [-0.15, -0.1) is 0 Å². The van der Waals surface area contributed by atoms with Crippen LogP contribution in [-0.4, -0.2) is 28.7 Å². The fraction of sp³-hybridized carbons (Fsp3) is 0.375. The lowest BCUT2D eigenvalue weighted by Crippen LogP contribution is -2.29. The first-order chi connectivity index (χ1) is 11.1. The summed E-state index contributed by atoms with van der Waals surface area (Å²) in [4.78, 5) is 0.177. The molecule has 0 radical (unpaired) electrons. The SMILES string of the molecule is CCCOc1ccc(S(=O)(=O)NC[C@H](OC)c2ccco2)cc1. The van der Waals surface area contributed by atoms with Crippen molar-refractivity contribution < 1.29 is 22.3 Å². The predicted molar refractivity (Wildman–Crippen MR) is 85.9 cm³/mol. The van der Waals surface area contributed by atoms with E-state index in [-0.39, 0.29) is 11.4 Å². The first-order valence-corrected chi connectivity index (χ1v) is 8.84. The van der Waals surface area contributed by atoms with Gasteiger partial charge in [-0.3, -0.25) is 0 Å². The zero-order chi connectivity index (χ0) is 16.7. The molecule has 0 aliphatic rings. The topological polar surface area (TPSA) is 77.8 Å². The Morgan fingerprint density at radius 1 is 1.22 bits per heavy atom. The summed E-state index contributed by atoms with van der Waals surface area (Å²) in [7, 11) is -2.12. The highest BCUT2D eigenvalue weighted by molar-refractivity contribution is 7.89. The van der Waals surface area contributed by atoms with E-state index in [2.05, 4.69) is 4.72 Å². The molecule has 1 heterocycles. The first kappa shape index (κ1) is 17.5. The summed E-state index contributed by atoms with van der Waals surface area (Å²) in [5.41, 5.74) is 0. The average Bonchev–Trinajstić information content (AvgIpc) is 3.08. The lowest BCUT2D eigenvalue weighted by atomic mass is 10.3. The van der Waals surface area contributed by atoms with Crippen LogP contribution in [0.3, 0.4) is 0 Å². The van der Waals surface area contributed by atoms with Gasteiger partial charge in [0.15, 0.2) is 0 Å². The number of hydrogen-bond donors (Lipinski definition) is 1. The molecule has 1 aromatic heterocycles. The van der Waals surface area contributed by atoms with Gasteiger partial charge in [0.05, 0.1) is 17.8 Å². The molecule has 0 saturated heterocycles. The number of benzene rings is 1. The van der Waals surface area contributed by atoms with Gasteiger partial charge in [0, 0.05) is 13.7 Å². The van der Waals surface area contributed by atoms with Crippen LogP contribution < -0.4 is 9.46 Å². The molecule has 2 aromatic rings. The van der Waals surface area contributed by atoms with Crippen LogP contribution in [0.4, 0.5) is 0 Å². The number of nitrogens with one attached hydrogen (secondary N) is 1. The smallest absolute Gasteiger partial charge is 0.240 e. The van der Waals surface area contributed by atoms with Crippen molar-refractivity contribution in [3.05, 3.63) is 48.4 Å². The van der Waals surface area contributed by atoms with E-state index in [0.717, 1.165) is 6.42 Å². The maximum Gasteiger partial charge on any atom is 0.240 e. The van der Waals surface area contributed by atoms with E-state index < -0.39 is 16.1 Å². The number of rotatable bonds is 9. The van der Waals surface area contributed by atoms with Crippen LogP contribution in [0.2, 0.25) is 0 Å². The van der Waals surface area contributed by atoms with Crippen LogP contribution in [0.1, 0.15) is 25.2 Å². The zero-order valence-corrected chi connectivity index (χ0v) is 14.0. The highest BCUT2D eigenvalue weighted by Gasteiger charge is 2.19. The minimum absolute atomic E-state index is 0.0838. The molecule has 0 saturated carbocycles. The van der Waals surface area contributed by atoms with Gasteiger partial charge in [0.25, 0.3) is 0 Å². The summed E-state index contributed by atoms with van der Waals surface area (Å²) < 4.78 is 43.1. The molecule has 0 aliphatic heterocycles. The maximum absolute atomic E-state index is 12.3. The number of ether oxygens (including phenoxy) is 2. The molecule has 1 aromatic carbocycles. The van der Waals surface area contributed by atoms with Crippen LogP contribution in [0, 0.1) is 0 Å². The van der Waals surface area contributed by atoms with Gasteiger partial charge in [0.1, 0.15) is 17.6 Å². The standard InChI is InChI=1S/C16H21NO5S/c1-3-10-21-13-6-8-14(9-7-13)23(18,19)17-12-16(20-2)15-5-4-11-22-15/h4-9,11,16-17H,3,10,12H2,1-2H3/t16-/m0/s1. The molecule has 7 heteroatoms. The van der Waals surface area contributed by atoms with E-state index in [1.807, 2.05) is 6.92 Å². The zero-order valence-electron chi connectivity index (χ0n) is 13.2. The number of sulfonamides is 1. The van der Waals surface area contributed by atoms with Crippen molar-refractivity contribution in [3.8, 4) is 5.75 Å². The molecule has 0 unspecified atom stereocenters. The normalized spacial score (nSPS) is 13.0. The van der Waals surface area contributed by atoms with Crippen LogP contribution in [0.5, 0.6) is 5.75 Å². The Kier molecular flexibility index (Phi) is 6.20. The minimum Gasteiger partial charge on any atom is -0.494 e. The average molecular weight is 339 g/mol. The molecule has 6 nitrogen and oxygen atoms in total. The molecule has 0 fully saturated rings. The molecular formula is C16H21NO5S. The largest absolute Gasteiger partial charge is 0.494 e. The van der Waals surface area contributed by atoms with Gasteiger partial charge in [-0.05, 0) is 42.8 Å². The highest BCUT2D eigenvalue weighted by Crippen LogP contribution is 2.19. The molecule has 0 spiro atoms. The Bertz CT molecular complexity index is 680. The third-order valence-corrected chi connectivity index (χ3v) is 4.65. The van der Waals surface area contributed by atoms with Crippen LogP contribution >= 0.6 is 0 Å². The molecule has 1 N–H and O–H groups in total. The van der Waals surface area contributed by atoms with E-state index in [9.17, 15) is 8.42 Å². The molecule has 0 amide bonds. The second-order valence-corrected chi connectivity index (χ2v) is 6.68. The fourth-order valence-corrected chi connectivity index (χ4v) is 3.01. The Labute approximate surface area is 136 Å². The molecule has 126 valence electrons. The molecular weight excluding hydrogens is 318 g/mol. The Morgan fingerprint density at radius 2 is 1.96 bits per heavy atom. The molecule has 23 heavy (non-hydrogen) atoms. The van der Waals surface area contributed by atoms with Crippen LogP contribution in [0.25, 0.3) is 0 Å². The lowest BCUT2D eigenvalue weighted by Gasteiger charge is -2.14. The van der Waals surface area contributed by atoms with E-state index in [1.165, 1.54) is 25.5 Å². The van der Waals surface area contributed by atoms with Crippen molar-refractivity contribution >= 4 is 10.0 Å². The summed E-state index contributed by atoms with van der Waals surface area (Å²) in [6, 6.07) is 9.78. The number of hydrogen-bond acceptors (Lipinski definition) is 5. The van der Waals surface area contributed by atoms with Gasteiger partial charge >= 0.3 is 0 Å². The van der Waals surface area contributed by atoms with Crippen molar-refractivity contribution in [2.24, 2.45) is 0 Å². The van der Waals surface area contributed by atoms with Crippen molar-refractivity contribution in [1.29, 1.82) is 0 Å². The van der Waals surface area contributed by atoms with Gasteiger partial charge in [-0.2, -0.15) is 0 Å².